The van der Waals surface area contributed by atoms with Gasteiger partial charge in [-0.2, -0.15) is 0 Å². The highest BCUT2D eigenvalue weighted by molar-refractivity contribution is 5.97. The molecule has 0 aliphatic heterocycles. The van der Waals surface area contributed by atoms with Crippen LogP contribution in [0.4, 0.5) is 0 Å². The van der Waals surface area contributed by atoms with Crippen molar-refractivity contribution in [2.75, 3.05) is 6.54 Å². The number of carbonyl (C=O) groups is 1. The number of rotatable bonds is 7. The number of amides is 1. The highest BCUT2D eigenvalue weighted by Gasteiger charge is 2.12. The first-order valence-electron chi connectivity index (χ1n) is 7.08. The molecule has 0 fully saturated rings. The zero-order valence-corrected chi connectivity index (χ0v) is 12.8. The molecule has 0 aliphatic rings. The van der Waals surface area contributed by atoms with Crippen LogP contribution in [0.1, 0.15) is 37.0 Å². The minimum atomic E-state index is -0.250. The van der Waals surface area contributed by atoms with Crippen LogP contribution in [0.5, 0.6) is 0 Å². The number of carbonyl (C=O) groups excluding carboxylic acids is 1. The van der Waals surface area contributed by atoms with Gasteiger partial charge in [0.2, 0.25) is 5.91 Å². The quantitative estimate of drug-likeness (QED) is 0.262. The lowest BCUT2D eigenvalue weighted by atomic mass is 10.0. The first-order valence-corrected chi connectivity index (χ1v) is 7.08. The van der Waals surface area contributed by atoms with E-state index in [4.69, 9.17) is 10.9 Å². The Bertz CT molecular complexity index is 514. The molecule has 1 aromatic rings. The summed E-state index contributed by atoms with van der Waals surface area (Å²) in [6.07, 6.45) is 0.923. The summed E-state index contributed by atoms with van der Waals surface area (Å²) in [5.41, 5.74) is 8.32. The van der Waals surface area contributed by atoms with Crippen LogP contribution in [0.15, 0.2) is 23.4 Å². The Morgan fingerprint density at radius 2 is 2.19 bits per heavy atom. The van der Waals surface area contributed by atoms with Gasteiger partial charge in [0.05, 0.1) is 6.04 Å². The van der Waals surface area contributed by atoms with Crippen LogP contribution >= 0.6 is 0 Å². The summed E-state index contributed by atoms with van der Waals surface area (Å²) in [5, 5.41) is 17.7. The van der Waals surface area contributed by atoms with Crippen molar-refractivity contribution in [2.45, 2.75) is 39.8 Å². The van der Waals surface area contributed by atoms with Crippen LogP contribution < -0.4 is 16.4 Å². The van der Waals surface area contributed by atoms with E-state index in [1.807, 2.05) is 32.9 Å². The summed E-state index contributed by atoms with van der Waals surface area (Å²) in [5.74, 6) is 0.0905. The second kappa shape index (κ2) is 8.26. The molecule has 1 unspecified atom stereocenters. The molecule has 1 atom stereocenters. The van der Waals surface area contributed by atoms with Crippen molar-refractivity contribution in [3.05, 3.63) is 34.9 Å². The molecule has 6 heteroatoms. The number of hydrogen-bond acceptors (Lipinski definition) is 4. The summed E-state index contributed by atoms with van der Waals surface area (Å²) >= 11 is 0. The summed E-state index contributed by atoms with van der Waals surface area (Å²) < 4.78 is 0. The second-order valence-electron chi connectivity index (χ2n) is 5.02. The minimum Gasteiger partial charge on any atom is -0.409 e. The molecule has 0 aromatic heterocycles. The Morgan fingerprint density at radius 1 is 1.48 bits per heavy atom. The van der Waals surface area contributed by atoms with Gasteiger partial charge in [0.15, 0.2) is 5.84 Å². The Balaban J connectivity index is 2.62. The lowest BCUT2D eigenvalue weighted by Crippen LogP contribution is -2.42. The predicted octanol–water partition coefficient (Wildman–Crippen LogP) is 1.09. The Kier molecular flexibility index (Phi) is 6.68. The molecule has 6 nitrogen and oxygen atoms in total. The average molecular weight is 292 g/mol. The van der Waals surface area contributed by atoms with E-state index in [9.17, 15) is 4.79 Å². The first-order chi connectivity index (χ1) is 9.99. The van der Waals surface area contributed by atoms with E-state index in [0.29, 0.717) is 18.7 Å². The molecule has 0 radical (unpaired) electrons. The van der Waals surface area contributed by atoms with Gasteiger partial charge in [0.1, 0.15) is 0 Å². The maximum Gasteiger partial charge on any atom is 0.236 e. The number of nitrogens with one attached hydrogen (secondary N) is 2. The molecule has 0 spiro atoms. The van der Waals surface area contributed by atoms with E-state index in [2.05, 4.69) is 15.8 Å². The van der Waals surface area contributed by atoms with Crippen molar-refractivity contribution in [2.24, 2.45) is 10.9 Å². The Morgan fingerprint density at radius 3 is 2.76 bits per heavy atom. The van der Waals surface area contributed by atoms with Gasteiger partial charge in [0.25, 0.3) is 0 Å². The average Bonchev–Trinajstić information content (AvgIpc) is 2.50. The zero-order chi connectivity index (χ0) is 15.8. The van der Waals surface area contributed by atoms with Gasteiger partial charge in [-0.1, -0.05) is 24.2 Å². The zero-order valence-electron chi connectivity index (χ0n) is 12.8. The number of hydrogen-bond donors (Lipinski definition) is 4. The lowest BCUT2D eigenvalue weighted by Gasteiger charge is -2.15. The monoisotopic (exact) mass is 292 g/mol. The lowest BCUT2D eigenvalue weighted by molar-refractivity contribution is -0.122. The highest BCUT2D eigenvalue weighted by atomic mass is 16.4. The van der Waals surface area contributed by atoms with Crippen molar-refractivity contribution in [3.63, 3.8) is 0 Å². The molecule has 116 valence electrons. The Labute approximate surface area is 125 Å². The van der Waals surface area contributed by atoms with Gasteiger partial charge >= 0.3 is 0 Å². The van der Waals surface area contributed by atoms with Crippen LogP contribution in [0.2, 0.25) is 0 Å². The summed E-state index contributed by atoms with van der Waals surface area (Å²) in [6, 6.07) is 5.31. The standard InChI is InChI=1S/C15H24N4O2/c1-4-7-17-15(20)11(3)18-9-13-6-5-12(8-10(13)2)14(16)19-21/h5-6,8,11,18,21H,4,7,9H2,1-3H3,(H2,16,19)(H,17,20). The van der Waals surface area contributed by atoms with Crippen LogP contribution in [-0.4, -0.2) is 29.5 Å². The van der Waals surface area contributed by atoms with Crippen molar-refractivity contribution in [1.82, 2.24) is 10.6 Å². The Hall–Kier alpha value is -2.08. The normalized spacial score (nSPS) is 13.0. The fraction of sp³-hybridized carbons (Fsp3) is 0.467. The van der Waals surface area contributed by atoms with Crippen molar-refractivity contribution >= 4 is 11.7 Å². The third-order valence-corrected chi connectivity index (χ3v) is 3.29. The van der Waals surface area contributed by atoms with Crippen molar-refractivity contribution in [3.8, 4) is 0 Å². The number of oxime groups is 1. The van der Waals surface area contributed by atoms with Gasteiger partial charge in [-0.05, 0) is 37.5 Å². The van der Waals surface area contributed by atoms with Gasteiger partial charge < -0.3 is 21.6 Å². The van der Waals surface area contributed by atoms with E-state index >= 15 is 0 Å². The SMILES string of the molecule is CCCNC(=O)C(C)NCc1ccc(/C(N)=N/O)cc1C. The minimum absolute atomic E-state index is 0.00258. The maximum atomic E-state index is 11.8. The van der Waals surface area contributed by atoms with Gasteiger partial charge in [-0.3, -0.25) is 4.79 Å². The van der Waals surface area contributed by atoms with Gasteiger partial charge in [0, 0.05) is 18.7 Å². The topological polar surface area (TPSA) is 99.7 Å². The molecular weight excluding hydrogens is 268 g/mol. The van der Waals surface area contributed by atoms with E-state index in [0.717, 1.165) is 17.5 Å². The van der Waals surface area contributed by atoms with Crippen LogP contribution in [-0.2, 0) is 11.3 Å². The van der Waals surface area contributed by atoms with Crippen LogP contribution in [0.3, 0.4) is 0 Å². The predicted molar refractivity (Wildman–Crippen MR) is 83.3 cm³/mol. The first kappa shape index (κ1) is 17.0. The molecular formula is C15H24N4O2. The van der Waals surface area contributed by atoms with E-state index in [-0.39, 0.29) is 17.8 Å². The van der Waals surface area contributed by atoms with E-state index in [1.54, 1.807) is 6.07 Å². The molecule has 0 heterocycles. The maximum absolute atomic E-state index is 11.8. The number of nitrogens with two attached hydrogens (primary N) is 1. The molecule has 1 aromatic carbocycles. The number of amidine groups is 1. The number of nitrogens with zero attached hydrogens (tertiary/aromatic N) is 1. The fourth-order valence-corrected chi connectivity index (χ4v) is 1.87. The van der Waals surface area contributed by atoms with E-state index < -0.39 is 0 Å². The molecule has 5 N–H and O–H groups in total. The number of benzene rings is 1. The molecule has 0 bridgehead atoms. The molecule has 0 saturated heterocycles. The van der Waals surface area contributed by atoms with Gasteiger partial charge in [-0.25, -0.2) is 0 Å². The summed E-state index contributed by atoms with van der Waals surface area (Å²) in [6.45, 7) is 7.09. The van der Waals surface area contributed by atoms with Crippen molar-refractivity contribution in [1.29, 1.82) is 0 Å². The van der Waals surface area contributed by atoms with Crippen molar-refractivity contribution < 1.29 is 10.0 Å². The molecule has 1 rings (SSSR count). The second-order valence-corrected chi connectivity index (χ2v) is 5.02. The van der Waals surface area contributed by atoms with Crippen LogP contribution in [0, 0.1) is 6.92 Å². The fourth-order valence-electron chi connectivity index (χ4n) is 1.87. The molecule has 1 amide bonds. The highest BCUT2D eigenvalue weighted by Crippen LogP contribution is 2.11. The molecule has 21 heavy (non-hydrogen) atoms. The smallest absolute Gasteiger partial charge is 0.236 e. The third kappa shape index (κ3) is 5.07. The molecule has 0 aliphatic carbocycles. The largest absolute Gasteiger partial charge is 0.409 e. The third-order valence-electron chi connectivity index (χ3n) is 3.29. The summed E-state index contributed by atoms with van der Waals surface area (Å²) in [7, 11) is 0. The molecule has 0 saturated carbocycles. The number of aryl methyl sites for hydroxylation is 1. The summed E-state index contributed by atoms with van der Waals surface area (Å²) in [4.78, 5) is 11.8. The van der Waals surface area contributed by atoms with Crippen LogP contribution in [0.25, 0.3) is 0 Å². The van der Waals surface area contributed by atoms with Gasteiger partial charge in [-0.15, -0.1) is 0 Å². The van der Waals surface area contributed by atoms with E-state index in [1.165, 1.54) is 0 Å².